The first-order chi connectivity index (χ1) is 7.27. The van der Waals surface area contributed by atoms with E-state index in [0.29, 0.717) is 6.10 Å². The molecule has 0 bridgehead atoms. The molecule has 82 valence electrons. The van der Waals surface area contributed by atoms with E-state index in [1.165, 1.54) is 0 Å². The summed E-state index contributed by atoms with van der Waals surface area (Å²) in [5.41, 5.74) is 1.04. The van der Waals surface area contributed by atoms with Gasteiger partial charge in [0.25, 0.3) is 0 Å². The number of halogens is 1. The third kappa shape index (κ3) is 2.78. The van der Waals surface area contributed by atoms with Crippen LogP contribution in [-0.2, 0) is 0 Å². The molecule has 2 heterocycles. The fourth-order valence-electron chi connectivity index (χ4n) is 1.60. The monoisotopic (exact) mass is 319 g/mol. The highest BCUT2D eigenvalue weighted by atomic mass is 127. The second-order valence-corrected chi connectivity index (χ2v) is 4.68. The quantitative estimate of drug-likeness (QED) is 0.663. The van der Waals surface area contributed by atoms with Crippen LogP contribution >= 0.6 is 22.6 Å². The molecule has 1 N–H and O–H groups in total. The van der Waals surface area contributed by atoms with Gasteiger partial charge in [-0.2, -0.15) is 0 Å². The van der Waals surface area contributed by atoms with Gasteiger partial charge in [-0.05, 0) is 55.4 Å². The van der Waals surface area contributed by atoms with Gasteiger partial charge in [0.05, 0.1) is 0 Å². The van der Waals surface area contributed by atoms with Gasteiger partial charge in [-0.3, -0.25) is 0 Å². The summed E-state index contributed by atoms with van der Waals surface area (Å²) < 4.78 is 6.84. The van der Waals surface area contributed by atoms with Crippen LogP contribution in [0, 0.1) is 10.6 Å². The SMILES string of the molecule is Cc1c(I)ncnc1OC1CCNCC1. The summed E-state index contributed by atoms with van der Waals surface area (Å²) in [5.74, 6) is 0.737. The minimum Gasteiger partial charge on any atom is -0.474 e. The molecule has 5 heteroatoms. The Kier molecular flexibility index (Phi) is 3.74. The molecule has 1 aliphatic rings. The molecule has 0 unspecified atom stereocenters. The molecule has 0 radical (unpaired) electrons. The van der Waals surface area contributed by atoms with Crippen LogP contribution in [0.3, 0.4) is 0 Å². The van der Waals surface area contributed by atoms with Gasteiger partial charge in [0.1, 0.15) is 16.1 Å². The second-order valence-electron chi connectivity index (χ2n) is 3.66. The van der Waals surface area contributed by atoms with Gasteiger partial charge < -0.3 is 10.1 Å². The Bertz CT molecular complexity index is 339. The third-order valence-corrected chi connectivity index (χ3v) is 3.63. The van der Waals surface area contributed by atoms with Crippen molar-refractivity contribution in [1.29, 1.82) is 0 Å². The van der Waals surface area contributed by atoms with Gasteiger partial charge in [-0.1, -0.05) is 0 Å². The Morgan fingerprint density at radius 3 is 2.87 bits per heavy atom. The molecule has 1 aromatic rings. The van der Waals surface area contributed by atoms with Crippen molar-refractivity contribution >= 4 is 22.6 Å². The summed E-state index contributed by atoms with van der Waals surface area (Å²) in [5, 5.41) is 3.31. The van der Waals surface area contributed by atoms with Crippen LogP contribution in [0.5, 0.6) is 5.88 Å². The van der Waals surface area contributed by atoms with E-state index in [2.05, 4.69) is 37.9 Å². The van der Waals surface area contributed by atoms with E-state index in [9.17, 15) is 0 Å². The number of nitrogens with zero attached hydrogens (tertiary/aromatic N) is 2. The fraction of sp³-hybridized carbons (Fsp3) is 0.600. The van der Waals surface area contributed by atoms with Crippen LogP contribution in [0.4, 0.5) is 0 Å². The average Bonchev–Trinajstić information content (AvgIpc) is 2.26. The number of aromatic nitrogens is 2. The summed E-state index contributed by atoms with van der Waals surface area (Å²) in [7, 11) is 0. The molecule has 1 fully saturated rings. The molecule has 4 nitrogen and oxygen atoms in total. The number of hydrogen-bond acceptors (Lipinski definition) is 4. The predicted molar refractivity (Wildman–Crippen MR) is 66.0 cm³/mol. The number of rotatable bonds is 2. The predicted octanol–water partition coefficient (Wildman–Crippen LogP) is 1.52. The topological polar surface area (TPSA) is 47.0 Å². The highest BCUT2D eigenvalue weighted by molar-refractivity contribution is 14.1. The van der Waals surface area contributed by atoms with Crippen molar-refractivity contribution in [3.8, 4) is 5.88 Å². The highest BCUT2D eigenvalue weighted by Crippen LogP contribution is 2.20. The lowest BCUT2D eigenvalue weighted by Gasteiger charge is -2.23. The molecule has 15 heavy (non-hydrogen) atoms. The van der Waals surface area contributed by atoms with E-state index in [4.69, 9.17) is 4.74 Å². The third-order valence-electron chi connectivity index (χ3n) is 2.54. The van der Waals surface area contributed by atoms with Crippen LogP contribution in [0.1, 0.15) is 18.4 Å². The maximum atomic E-state index is 5.87. The minimum atomic E-state index is 0.302. The Balaban J connectivity index is 2.06. The van der Waals surface area contributed by atoms with Crippen LogP contribution in [0.2, 0.25) is 0 Å². The lowest BCUT2D eigenvalue weighted by molar-refractivity contribution is 0.154. The van der Waals surface area contributed by atoms with E-state index in [-0.39, 0.29) is 0 Å². The molecule has 0 aliphatic carbocycles. The van der Waals surface area contributed by atoms with Crippen molar-refractivity contribution in [3.63, 3.8) is 0 Å². The average molecular weight is 319 g/mol. The van der Waals surface area contributed by atoms with Crippen LogP contribution in [0.25, 0.3) is 0 Å². The molecule has 0 saturated carbocycles. The summed E-state index contributed by atoms with van der Waals surface area (Å²) in [6.07, 6.45) is 3.97. The number of ether oxygens (including phenoxy) is 1. The molecule has 0 aromatic carbocycles. The molecule has 1 saturated heterocycles. The molecule has 1 aliphatic heterocycles. The molecular formula is C10H14IN3O. The maximum absolute atomic E-state index is 5.87. The number of piperidine rings is 1. The largest absolute Gasteiger partial charge is 0.474 e. The Morgan fingerprint density at radius 1 is 1.40 bits per heavy atom. The van der Waals surface area contributed by atoms with E-state index in [1.807, 2.05) is 6.92 Å². The van der Waals surface area contributed by atoms with Gasteiger partial charge >= 0.3 is 0 Å². The van der Waals surface area contributed by atoms with E-state index < -0.39 is 0 Å². The minimum absolute atomic E-state index is 0.302. The zero-order chi connectivity index (χ0) is 10.7. The van der Waals surface area contributed by atoms with Crippen molar-refractivity contribution in [1.82, 2.24) is 15.3 Å². The maximum Gasteiger partial charge on any atom is 0.220 e. The second kappa shape index (κ2) is 5.07. The first-order valence-electron chi connectivity index (χ1n) is 5.12. The Morgan fingerprint density at radius 2 is 2.13 bits per heavy atom. The summed E-state index contributed by atoms with van der Waals surface area (Å²) >= 11 is 2.20. The summed E-state index contributed by atoms with van der Waals surface area (Å²) in [6, 6.07) is 0. The molecule has 0 atom stereocenters. The molecule has 0 amide bonds. The zero-order valence-electron chi connectivity index (χ0n) is 8.66. The molecule has 1 aromatic heterocycles. The summed E-state index contributed by atoms with van der Waals surface area (Å²) in [6.45, 7) is 4.07. The van der Waals surface area contributed by atoms with Crippen molar-refractivity contribution < 1.29 is 4.74 Å². The van der Waals surface area contributed by atoms with Gasteiger partial charge in [-0.15, -0.1) is 0 Å². The Hall–Kier alpha value is -0.430. The smallest absolute Gasteiger partial charge is 0.220 e. The first kappa shape index (κ1) is 11.1. The van der Waals surface area contributed by atoms with E-state index in [0.717, 1.165) is 41.1 Å². The normalized spacial score (nSPS) is 17.7. The highest BCUT2D eigenvalue weighted by Gasteiger charge is 2.16. The number of hydrogen-bond donors (Lipinski definition) is 1. The number of nitrogens with one attached hydrogen (secondary N) is 1. The van der Waals surface area contributed by atoms with Crippen molar-refractivity contribution in [2.45, 2.75) is 25.9 Å². The Labute approximate surface area is 103 Å². The van der Waals surface area contributed by atoms with Crippen LogP contribution in [-0.4, -0.2) is 29.2 Å². The van der Waals surface area contributed by atoms with Gasteiger partial charge in [-0.25, -0.2) is 9.97 Å². The van der Waals surface area contributed by atoms with E-state index >= 15 is 0 Å². The fourth-order valence-corrected chi connectivity index (χ4v) is 1.96. The lowest BCUT2D eigenvalue weighted by atomic mass is 10.1. The molecule has 0 spiro atoms. The van der Waals surface area contributed by atoms with E-state index in [1.54, 1.807) is 6.33 Å². The van der Waals surface area contributed by atoms with Crippen molar-refractivity contribution in [2.75, 3.05) is 13.1 Å². The first-order valence-corrected chi connectivity index (χ1v) is 6.19. The van der Waals surface area contributed by atoms with Crippen molar-refractivity contribution in [3.05, 3.63) is 15.6 Å². The van der Waals surface area contributed by atoms with Crippen molar-refractivity contribution in [2.24, 2.45) is 0 Å². The molecular weight excluding hydrogens is 305 g/mol. The van der Waals surface area contributed by atoms with Gasteiger partial charge in [0.2, 0.25) is 5.88 Å². The van der Waals surface area contributed by atoms with Crippen LogP contribution < -0.4 is 10.1 Å². The lowest BCUT2D eigenvalue weighted by Crippen LogP contribution is -2.34. The van der Waals surface area contributed by atoms with Gasteiger partial charge in [0, 0.05) is 5.56 Å². The van der Waals surface area contributed by atoms with Crippen LogP contribution in [0.15, 0.2) is 6.33 Å². The molecule has 2 rings (SSSR count). The zero-order valence-corrected chi connectivity index (χ0v) is 10.8. The van der Waals surface area contributed by atoms with Gasteiger partial charge in [0.15, 0.2) is 0 Å². The standard InChI is InChI=1S/C10H14IN3O/c1-7-9(11)13-6-14-10(7)15-8-2-4-12-5-3-8/h6,8,12H,2-5H2,1H3. The summed E-state index contributed by atoms with van der Waals surface area (Å²) in [4.78, 5) is 8.29.